The van der Waals surface area contributed by atoms with Crippen LogP contribution in [0.1, 0.15) is 12.5 Å². The second kappa shape index (κ2) is 5.18. The third-order valence-electron chi connectivity index (χ3n) is 3.21. The van der Waals surface area contributed by atoms with Gasteiger partial charge in [-0.3, -0.25) is 4.79 Å². The number of ether oxygens (including phenoxy) is 1. The molecule has 2 atom stereocenters. The van der Waals surface area contributed by atoms with Crippen molar-refractivity contribution in [3.63, 3.8) is 0 Å². The van der Waals surface area contributed by atoms with Crippen LogP contribution in [0.5, 0.6) is 5.75 Å². The summed E-state index contributed by atoms with van der Waals surface area (Å²) in [6, 6.07) is 3.71. The molecule has 0 saturated carbocycles. The Morgan fingerprint density at radius 1 is 1.48 bits per heavy atom. The second-order valence-electron chi connectivity index (χ2n) is 5.05. The molecule has 0 aromatic heterocycles. The van der Waals surface area contributed by atoms with E-state index in [0.717, 1.165) is 6.07 Å². The lowest BCUT2D eigenvalue weighted by atomic mass is 10.1. The Hall–Kier alpha value is -1.83. The minimum absolute atomic E-state index is 0.0626. The predicted octanol–water partition coefficient (Wildman–Crippen LogP) is 1.56. The topological polar surface area (TPSA) is 58.6 Å². The molecule has 0 saturated heterocycles. The van der Waals surface area contributed by atoms with E-state index in [4.69, 9.17) is 4.74 Å². The second-order valence-corrected chi connectivity index (χ2v) is 5.05. The van der Waals surface area contributed by atoms with Gasteiger partial charge in [0.1, 0.15) is 11.6 Å². The van der Waals surface area contributed by atoms with Crippen LogP contribution in [0.3, 0.4) is 0 Å². The van der Waals surface area contributed by atoms with Crippen molar-refractivity contribution in [3.8, 4) is 5.75 Å². The Balaban J connectivity index is 1.95. The van der Waals surface area contributed by atoms with Gasteiger partial charge in [0.25, 0.3) is 5.91 Å². The molecule has 2 rings (SSSR count). The van der Waals surface area contributed by atoms with Gasteiger partial charge < -0.3 is 15.2 Å². The van der Waals surface area contributed by atoms with E-state index in [1.165, 1.54) is 12.1 Å². The Morgan fingerprint density at radius 2 is 2.14 bits per heavy atom. The number of alkyl halides is 3. The lowest BCUT2D eigenvalue weighted by molar-refractivity contribution is -0.250. The molecule has 0 fully saturated rings. The van der Waals surface area contributed by atoms with E-state index >= 15 is 0 Å². The van der Waals surface area contributed by atoms with E-state index < -0.39 is 36.2 Å². The molecule has 2 N–H and O–H groups in total. The fourth-order valence-electron chi connectivity index (χ4n) is 1.84. The number of rotatable bonds is 3. The maximum absolute atomic E-state index is 13.0. The van der Waals surface area contributed by atoms with E-state index in [9.17, 15) is 27.5 Å². The van der Waals surface area contributed by atoms with Gasteiger partial charge in [-0.1, -0.05) is 0 Å². The quantitative estimate of drug-likeness (QED) is 0.833. The number of benzene rings is 1. The zero-order chi connectivity index (χ0) is 15.8. The first-order chi connectivity index (χ1) is 9.60. The summed E-state index contributed by atoms with van der Waals surface area (Å²) in [6.45, 7) is -0.424. The van der Waals surface area contributed by atoms with E-state index in [-0.39, 0.29) is 6.42 Å². The zero-order valence-corrected chi connectivity index (χ0v) is 11.0. The molecule has 1 heterocycles. The maximum atomic E-state index is 13.0. The monoisotopic (exact) mass is 307 g/mol. The smallest absolute Gasteiger partial charge is 0.418 e. The first kappa shape index (κ1) is 15.6. The summed E-state index contributed by atoms with van der Waals surface area (Å²) in [5.41, 5.74) is -2.56. The summed E-state index contributed by atoms with van der Waals surface area (Å²) in [4.78, 5) is 11.8. The number of amides is 1. The van der Waals surface area contributed by atoms with Gasteiger partial charge in [0.05, 0.1) is 6.54 Å². The minimum atomic E-state index is -4.86. The van der Waals surface area contributed by atoms with Crippen molar-refractivity contribution in [2.24, 2.45) is 0 Å². The Bertz CT molecular complexity index is 557. The van der Waals surface area contributed by atoms with Crippen LogP contribution in [-0.2, 0) is 11.2 Å². The van der Waals surface area contributed by atoms with Crippen LogP contribution < -0.4 is 10.1 Å². The molecule has 1 aromatic carbocycles. The number of aliphatic hydroxyl groups is 1. The molecular formula is C13H13F4NO3. The molecule has 0 radical (unpaired) electrons. The summed E-state index contributed by atoms with van der Waals surface area (Å²) in [5, 5.41) is 11.2. The van der Waals surface area contributed by atoms with Gasteiger partial charge in [0, 0.05) is 12.0 Å². The molecule has 1 aromatic rings. The standard InChI is InChI=1S/C13H13F4NO3/c1-12(20,13(15,16)17)6-18-11(19)10-5-7-4-8(14)2-3-9(7)21-10/h2-4,10,20H,5-6H2,1H3,(H,18,19)/t10-,12-/m0/s1. The predicted molar refractivity (Wildman–Crippen MR) is 64.2 cm³/mol. The van der Waals surface area contributed by atoms with Crippen molar-refractivity contribution >= 4 is 5.91 Å². The number of hydrogen-bond donors (Lipinski definition) is 2. The van der Waals surface area contributed by atoms with Crippen LogP contribution in [0.15, 0.2) is 18.2 Å². The lowest BCUT2D eigenvalue weighted by Crippen LogP contribution is -2.53. The first-order valence-corrected chi connectivity index (χ1v) is 6.12. The highest BCUT2D eigenvalue weighted by molar-refractivity contribution is 5.82. The van der Waals surface area contributed by atoms with Crippen molar-refractivity contribution in [2.45, 2.75) is 31.2 Å². The fraction of sp³-hybridized carbons (Fsp3) is 0.462. The highest BCUT2D eigenvalue weighted by atomic mass is 19.4. The summed E-state index contributed by atoms with van der Waals surface area (Å²) >= 11 is 0. The Labute approximate surface area is 117 Å². The summed E-state index contributed by atoms with van der Waals surface area (Å²) < 4.78 is 55.6. The van der Waals surface area contributed by atoms with Gasteiger partial charge in [-0.15, -0.1) is 0 Å². The van der Waals surface area contributed by atoms with E-state index in [0.29, 0.717) is 18.2 Å². The molecule has 0 spiro atoms. The Kier molecular flexibility index (Phi) is 3.83. The highest BCUT2D eigenvalue weighted by Gasteiger charge is 2.50. The van der Waals surface area contributed by atoms with Gasteiger partial charge >= 0.3 is 6.18 Å². The van der Waals surface area contributed by atoms with Gasteiger partial charge in [-0.05, 0) is 25.1 Å². The van der Waals surface area contributed by atoms with Crippen LogP contribution >= 0.6 is 0 Å². The molecule has 1 amide bonds. The van der Waals surface area contributed by atoms with Crippen LogP contribution in [0, 0.1) is 5.82 Å². The number of nitrogens with one attached hydrogen (secondary N) is 1. The number of halogens is 4. The minimum Gasteiger partial charge on any atom is -0.480 e. The number of carbonyl (C=O) groups excluding carboxylic acids is 1. The van der Waals surface area contributed by atoms with Gasteiger partial charge in [-0.2, -0.15) is 13.2 Å². The average Bonchev–Trinajstić information content (AvgIpc) is 2.77. The van der Waals surface area contributed by atoms with Crippen LogP contribution in [0.4, 0.5) is 17.6 Å². The average molecular weight is 307 g/mol. The summed E-state index contributed by atoms with van der Waals surface area (Å²) in [5.74, 6) is -0.964. The summed E-state index contributed by atoms with van der Waals surface area (Å²) in [7, 11) is 0. The van der Waals surface area contributed by atoms with E-state index in [1.807, 2.05) is 5.32 Å². The fourth-order valence-corrected chi connectivity index (χ4v) is 1.84. The molecular weight excluding hydrogens is 294 g/mol. The molecule has 8 heteroatoms. The van der Waals surface area contributed by atoms with Gasteiger partial charge in [0.2, 0.25) is 0 Å². The maximum Gasteiger partial charge on any atom is 0.418 e. The number of fused-ring (bicyclic) bond motifs is 1. The Morgan fingerprint density at radius 3 is 2.76 bits per heavy atom. The zero-order valence-electron chi connectivity index (χ0n) is 11.0. The number of carbonyl (C=O) groups is 1. The van der Waals surface area contributed by atoms with Crippen LogP contribution in [0.2, 0.25) is 0 Å². The SMILES string of the molecule is C[C@](O)(CNC(=O)[C@@H]1Cc2cc(F)ccc2O1)C(F)(F)F. The molecule has 1 aliphatic rings. The molecule has 4 nitrogen and oxygen atoms in total. The third kappa shape index (κ3) is 3.26. The normalized spacial score (nSPS) is 20.4. The first-order valence-electron chi connectivity index (χ1n) is 6.12. The largest absolute Gasteiger partial charge is 0.480 e. The molecule has 0 bridgehead atoms. The molecule has 21 heavy (non-hydrogen) atoms. The van der Waals surface area contributed by atoms with Crippen molar-refractivity contribution < 1.29 is 32.2 Å². The van der Waals surface area contributed by atoms with Crippen LogP contribution in [-0.4, -0.2) is 35.4 Å². The van der Waals surface area contributed by atoms with E-state index in [1.54, 1.807) is 0 Å². The summed E-state index contributed by atoms with van der Waals surface area (Å²) in [6.07, 6.45) is -5.83. The third-order valence-corrected chi connectivity index (χ3v) is 3.21. The highest BCUT2D eigenvalue weighted by Crippen LogP contribution is 2.31. The van der Waals surface area contributed by atoms with Crippen molar-refractivity contribution in [1.29, 1.82) is 0 Å². The number of hydrogen-bond acceptors (Lipinski definition) is 3. The van der Waals surface area contributed by atoms with Crippen molar-refractivity contribution in [1.82, 2.24) is 5.32 Å². The molecule has 0 unspecified atom stereocenters. The van der Waals surface area contributed by atoms with Crippen molar-refractivity contribution in [2.75, 3.05) is 6.54 Å². The van der Waals surface area contributed by atoms with Gasteiger partial charge in [0.15, 0.2) is 11.7 Å². The van der Waals surface area contributed by atoms with E-state index in [2.05, 4.69) is 0 Å². The molecule has 116 valence electrons. The molecule has 1 aliphatic heterocycles. The van der Waals surface area contributed by atoms with Crippen LogP contribution in [0.25, 0.3) is 0 Å². The van der Waals surface area contributed by atoms with Crippen molar-refractivity contribution in [3.05, 3.63) is 29.6 Å². The lowest BCUT2D eigenvalue weighted by Gasteiger charge is -2.26. The van der Waals surface area contributed by atoms with Gasteiger partial charge in [-0.25, -0.2) is 4.39 Å². The molecule has 0 aliphatic carbocycles.